The zero-order chi connectivity index (χ0) is 40.3. The van der Waals surface area contributed by atoms with E-state index in [4.69, 9.17) is 11.6 Å². The van der Waals surface area contributed by atoms with Crippen LogP contribution in [0.5, 0.6) is 0 Å². The Balaban J connectivity index is 1.20. The van der Waals surface area contributed by atoms with Crippen molar-refractivity contribution in [2.24, 2.45) is 5.92 Å². The van der Waals surface area contributed by atoms with Crippen molar-refractivity contribution in [1.29, 1.82) is 0 Å². The van der Waals surface area contributed by atoms with Crippen LogP contribution in [0.4, 0.5) is 43.5 Å². The number of rotatable bonds is 10. The maximum absolute atomic E-state index is 15.1. The number of nitrogens with one attached hydrogen (secondary N) is 2. The molecule has 0 aliphatic carbocycles. The number of hydrogen-bond acceptors (Lipinski definition) is 7. The Morgan fingerprint density at radius 2 is 1.43 bits per heavy atom. The zero-order valence-corrected chi connectivity index (χ0v) is 30.7. The maximum atomic E-state index is 15.1. The molecule has 3 amide bonds. The molecule has 4 aromatic rings. The minimum Gasteiger partial charge on any atom is -0.433 e. The maximum Gasteiger partial charge on any atom is 0.408 e. The quantitative estimate of drug-likeness (QED) is 0.118. The van der Waals surface area contributed by atoms with Gasteiger partial charge in [0.2, 0.25) is 5.91 Å². The van der Waals surface area contributed by atoms with E-state index in [0.717, 1.165) is 16.5 Å². The van der Waals surface area contributed by atoms with Crippen LogP contribution in [0.2, 0.25) is 11.8 Å². The molecule has 0 bridgehead atoms. The summed E-state index contributed by atoms with van der Waals surface area (Å²) in [5.41, 5.74) is -1.69. The van der Waals surface area contributed by atoms with Crippen LogP contribution in [0, 0.1) is 40.8 Å². The second kappa shape index (κ2) is 17.3. The fourth-order valence-corrected chi connectivity index (χ4v) is 7.34. The van der Waals surface area contributed by atoms with Gasteiger partial charge in [0.15, 0.2) is 0 Å². The molecule has 2 aliphatic rings. The van der Waals surface area contributed by atoms with Crippen LogP contribution >= 0.6 is 11.6 Å². The first kappa shape index (κ1) is 40.5. The van der Waals surface area contributed by atoms with Gasteiger partial charge in [0.05, 0.1) is 11.4 Å². The van der Waals surface area contributed by atoms with Crippen LogP contribution in [0.3, 0.4) is 0 Å². The van der Waals surface area contributed by atoms with E-state index >= 15 is 8.78 Å². The van der Waals surface area contributed by atoms with Crippen molar-refractivity contribution in [3.63, 3.8) is 0 Å². The van der Waals surface area contributed by atoms with E-state index in [-0.39, 0.29) is 54.2 Å². The first-order chi connectivity index (χ1) is 26.7. The summed E-state index contributed by atoms with van der Waals surface area (Å²) >= 11 is 6.21. The number of aromatic nitrogens is 1. The van der Waals surface area contributed by atoms with E-state index in [2.05, 4.69) is 20.4 Å². The lowest BCUT2D eigenvalue weighted by molar-refractivity contribution is -0.138. The largest absolute Gasteiger partial charge is 0.433 e. The van der Waals surface area contributed by atoms with E-state index in [1.54, 1.807) is 17.9 Å². The number of carbonyl (C=O) groups excluding carboxylic acids is 3. The van der Waals surface area contributed by atoms with E-state index in [0.29, 0.717) is 62.6 Å². The average molecular weight is 801 g/mol. The number of likely N-dealkylation sites (tertiary alicyclic amines) is 2. The van der Waals surface area contributed by atoms with Gasteiger partial charge in [-0.25, -0.2) is 31.3 Å². The number of benzene rings is 3. The summed E-state index contributed by atoms with van der Waals surface area (Å²) in [4.78, 5) is 50.1. The Bertz CT molecular complexity index is 2090. The third kappa shape index (κ3) is 9.28. The van der Waals surface area contributed by atoms with E-state index in [1.807, 2.05) is 12.1 Å². The van der Waals surface area contributed by atoms with Crippen molar-refractivity contribution in [2.75, 3.05) is 41.6 Å². The highest BCUT2D eigenvalue weighted by Crippen LogP contribution is 2.36. The van der Waals surface area contributed by atoms with E-state index < -0.39 is 70.9 Å². The second-order valence-corrected chi connectivity index (χ2v) is 14.2. The molecule has 0 radical (unpaired) electrons. The molecule has 0 saturated carbocycles. The summed E-state index contributed by atoms with van der Waals surface area (Å²) in [5, 5.41) is 14.7. The van der Waals surface area contributed by atoms with Gasteiger partial charge >= 0.3 is 7.05 Å². The Morgan fingerprint density at radius 3 is 2.02 bits per heavy atom. The van der Waals surface area contributed by atoms with Gasteiger partial charge < -0.3 is 25.4 Å². The van der Waals surface area contributed by atoms with Crippen LogP contribution in [0.25, 0.3) is 0 Å². The highest BCUT2D eigenvalue weighted by Gasteiger charge is 2.37. The molecular formula is C38H36BClF6N6O4. The highest BCUT2D eigenvalue weighted by atomic mass is 35.5. The summed E-state index contributed by atoms with van der Waals surface area (Å²) in [6.07, 6.45) is 3.08. The summed E-state index contributed by atoms with van der Waals surface area (Å²) < 4.78 is 86.8. The van der Waals surface area contributed by atoms with Gasteiger partial charge in [0.25, 0.3) is 11.8 Å². The normalized spacial score (nSPS) is 15.4. The van der Waals surface area contributed by atoms with Gasteiger partial charge in [-0.2, -0.15) is 0 Å². The number of halogens is 7. The van der Waals surface area contributed by atoms with Gasteiger partial charge in [0, 0.05) is 67.1 Å². The number of piperidine rings is 2. The SMILES string of the molecule is CB(O)Nc1cc(CN2CCC(C(=O)N3CCC(N(C(=O)c4c(F)cc(F)cc4F)c4ccc(Cl)cc4NC(=O)c4c(F)cc(F)cc4F)CC3)CC2)ccn1. The average Bonchev–Trinajstić information content (AvgIpc) is 3.12. The molecule has 0 unspecified atom stereocenters. The number of pyridine rings is 1. The van der Waals surface area contributed by atoms with Gasteiger partial charge in [-0.1, -0.05) is 11.6 Å². The van der Waals surface area contributed by atoms with Gasteiger partial charge in [-0.3, -0.25) is 19.3 Å². The van der Waals surface area contributed by atoms with Crippen molar-refractivity contribution in [3.8, 4) is 0 Å². The molecule has 3 N–H and O–H groups in total. The van der Waals surface area contributed by atoms with Gasteiger partial charge in [-0.05, 0) is 81.5 Å². The fraction of sp³-hybridized carbons (Fsp3) is 0.316. The molecule has 18 heteroatoms. The minimum atomic E-state index is -1.51. The van der Waals surface area contributed by atoms with Crippen LogP contribution in [-0.4, -0.2) is 76.8 Å². The first-order valence-corrected chi connectivity index (χ1v) is 18.2. The van der Waals surface area contributed by atoms with Crippen LogP contribution in [-0.2, 0) is 11.3 Å². The summed E-state index contributed by atoms with van der Waals surface area (Å²) in [7, 11) is -0.759. The highest BCUT2D eigenvalue weighted by molar-refractivity contribution is 6.52. The smallest absolute Gasteiger partial charge is 0.408 e. The molecule has 0 atom stereocenters. The Labute approximate surface area is 323 Å². The lowest BCUT2D eigenvalue weighted by Gasteiger charge is -2.41. The van der Waals surface area contributed by atoms with Crippen molar-refractivity contribution >= 4 is 53.6 Å². The van der Waals surface area contributed by atoms with Crippen molar-refractivity contribution in [3.05, 3.63) is 117 Å². The number of anilines is 3. The summed E-state index contributed by atoms with van der Waals surface area (Å²) in [6, 6.07) is 7.91. The Kier molecular flexibility index (Phi) is 12.6. The molecule has 1 aromatic heterocycles. The zero-order valence-electron chi connectivity index (χ0n) is 30.0. The number of amides is 3. The molecule has 0 spiro atoms. The topological polar surface area (TPSA) is 118 Å². The molecule has 2 aliphatic heterocycles. The Hall–Kier alpha value is -5.13. The van der Waals surface area contributed by atoms with Gasteiger partial charge in [-0.15, -0.1) is 0 Å². The van der Waals surface area contributed by atoms with Crippen molar-refractivity contribution < 1.29 is 45.8 Å². The Morgan fingerprint density at radius 1 is 0.839 bits per heavy atom. The molecule has 2 saturated heterocycles. The number of hydrogen-bond donors (Lipinski definition) is 3. The molecule has 294 valence electrons. The van der Waals surface area contributed by atoms with E-state index in [9.17, 15) is 37.0 Å². The van der Waals surface area contributed by atoms with Crippen molar-refractivity contribution in [1.82, 2.24) is 14.8 Å². The number of carbonyl (C=O) groups is 3. The van der Waals surface area contributed by atoms with Crippen LogP contribution in [0.15, 0.2) is 60.8 Å². The molecule has 3 heterocycles. The minimum absolute atomic E-state index is 0.000900. The van der Waals surface area contributed by atoms with Crippen LogP contribution < -0.4 is 15.4 Å². The predicted molar refractivity (Wildman–Crippen MR) is 198 cm³/mol. The molecular weight excluding hydrogens is 765 g/mol. The fourth-order valence-electron chi connectivity index (χ4n) is 7.17. The number of nitrogens with zero attached hydrogens (tertiary/aromatic N) is 4. The molecule has 10 nitrogen and oxygen atoms in total. The monoisotopic (exact) mass is 800 g/mol. The predicted octanol–water partition coefficient (Wildman–Crippen LogP) is 6.89. The summed E-state index contributed by atoms with van der Waals surface area (Å²) in [6.45, 7) is 3.83. The third-order valence-corrected chi connectivity index (χ3v) is 10.0. The molecule has 6 rings (SSSR count). The second-order valence-electron chi connectivity index (χ2n) is 13.8. The first-order valence-electron chi connectivity index (χ1n) is 17.8. The van der Waals surface area contributed by atoms with Gasteiger partial charge in [0.1, 0.15) is 51.8 Å². The summed E-state index contributed by atoms with van der Waals surface area (Å²) in [5.74, 6) is -11.0. The van der Waals surface area contributed by atoms with E-state index in [1.165, 1.54) is 12.1 Å². The van der Waals surface area contributed by atoms with Crippen molar-refractivity contribution in [2.45, 2.75) is 45.1 Å². The standard InChI is InChI=1S/C38H36BClF6N6O4/c1-39(56)49-33-14-21(4-9-47-33)20-50-10-5-22(6-11-50)37(54)51-12-7-26(8-13-51)52(38(55)35-29(45)18-25(42)19-30(35)46)32-3-2-23(40)15-31(32)48-36(53)34-27(43)16-24(41)17-28(34)44/h2-4,9,14-19,22,26,56H,5-8,10-13,20H2,1H3,(H,47,49)(H,48,53). The third-order valence-electron chi connectivity index (χ3n) is 9.81. The van der Waals surface area contributed by atoms with Crippen LogP contribution in [0.1, 0.15) is 52.0 Å². The molecule has 3 aromatic carbocycles. The lowest BCUT2D eigenvalue weighted by atomic mass is 9.89. The molecule has 2 fully saturated rings. The lowest BCUT2D eigenvalue weighted by Crippen LogP contribution is -2.51. The molecule has 56 heavy (non-hydrogen) atoms.